The molecule has 1 aliphatic rings. The lowest BCUT2D eigenvalue weighted by atomic mass is 10.2. The molecule has 1 saturated heterocycles. The van der Waals surface area contributed by atoms with Gasteiger partial charge in [-0.1, -0.05) is 0 Å². The Morgan fingerprint density at radius 1 is 1.17 bits per heavy atom. The molecule has 0 radical (unpaired) electrons. The number of hydrogen-bond acceptors (Lipinski definition) is 8. The number of imidazole rings is 1. The van der Waals surface area contributed by atoms with Gasteiger partial charge in [0.1, 0.15) is 5.69 Å². The Hall–Kier alpha value is -4.44. The van der Waals surface area contributed by atoms with Crippen molar-refractivity contribution in [3.63, 3.8) is 0 Å². The highest BCUT2D eigenvalue weighted by Crippen LogP contribution is 2.37. The van der Waals surface area contributed by atoms with E-state index < -0.39 is 59.9 Å². The first-order chi connectivity index (χ1) is 16.9. The van der Waals surface area contributed by atoms with Crippen molar-refractivity contribution in [3.05, 3.63) is 63.1 Å². The van der Waals surface area contributed by atoms with Crippen LogP contribution in [0.4, 0.5) is 32.0 Å². The van der Waals surface area contributed by atoms with Crippen molar-refractivity contribution in [2.75, 3.05) is 18.0 Å². The predicted octanol–water partition coefficient (Wildman–Crippen LogP) is 1.62. The first kappa shape index (κ1) is 23.3. The number of nitrogens with one attached hydrogen (secondary N) is 2. The third kappa shape index (κ3) is 4.11. The SMILES string of the molecule is O=c1[nH]cc(-c2cc(N3C[C@H](Oc4cc(C(F)(F)F)cnn4)C(F)(F)C3)c3ncc(F)n3n2)c(=O)[nH]1. The molecule has 5 heterocycles. The molecule has 188 valence electrons. The first-order valence-corrected chi connectivity index (χ1v) is 9.98. The van der Waals surface area contributed by atoms with Crippen molar-refractivity contribution < 1.29 is 31.1 Å². The summed E-state index contributed by atoms with van der Waals surface area (Å²) in [5.41, 5.74) is -3.52. The molecule has 0 aliphatic carbocycles. The van der Waals surface area contributed by atoms with Crippen molar-refractivity contribution in [3.8, 4) is 17.1 Å². The van der Waals surface area contributed by atoms with Gasteiger partial charge in [-0.15, -0.1) is 5.10 Å². The number of alkyl halides is 5. The van der Waals surface area contributed by atoms with Crippen molar-refractivity contribution in [2.45, 2.75) is 18.2 Å². The molecule has 1 fully saturated rings. The Morgan fingerprint density at radius 2 is 1.94 bits per heavy atom. The number of aromatic amines is 2. The molecule has 4 aromatic rings. The number of H-pyrrole nitrogens is 2. The highest BCUT2D eigenvalue weighted by Gasteiger charge is 2.51. The molecule has 0 unspecified atom stereocenters. The molecule has 0 aromatic carbocycles. The normalized spacial score (nSPS) is 17.6. The van der Waals surface area contributed by atoms with Crippen LogP contribution in [0.2, 0.25) is 0 Å². The number of hydrogen-bond donors (Lipinski definition) is 2. The van der Waals surface area contributed by atoms with Crippen LogP contribution in [0.3, 0.4) is 0 Å². The fourth-order valence-electron chi connectivity index (χ4n) is 3.66. The van der Waals surface area contributed by atoms with Crippen LogP contribution in [-0.4, -0.2) is 59.9 Å². The van der Waals surface area contributed by atoms with Crippen LogP contribution in [-0.2, 0) is 6.18 Å². The molecule has 2 N–H and O–H groups in total. The molecule has 4 aromatic heterocycles. The van der Waals surface area contributed by atoms with Gasteiger partial charge in [-0.3, -0.25) is 9.78 Å². The van der Waals surface area contributed by atoms with Gasteiger partial charge in [-0.05, 0) is 6.07 Å². The zero-order valence-electron chi connectivity index (χ0n) is 17.6. The lowest BCUT2D eigenvalue weighted by molar-refractivity contribution is -0.138. The molecule has 36 heavy (non-hydrogen) atoms. The van der Waals surface area contributed by atoms with Crippen LogP contribution < -0.4 is 20.9 Å². The van der Waals surface area contributed by atoms with Crippen LogP contribution in [0.15, 0.2) is 40.3 Å². The van der Waals surface area contributed by atoms with Gasteiger partial charge in [0.25, 0.3) is 5.56 Å². The van der Waals surface area contributed by atoms with Crippen molar-refractivity contribution in [1.82, 2.24) is 34.8 Å². The minimum absolute atomic E-state index is 0.0737. The van der Waals surface area contributed by atoms with Crippen molar-refractivity contribution in [2.24, 2.45) is 0 Å². The van der Waals surface area contributed by atoms with Crippen LogP contribution in [0.1, 0.15) is 5.56 Å². The topological polar surface area (TPSA) is 134 Å². The lowest BCUT2D eigenvalue weighted by Gasteiger charge is -2.19. The highest BCUT2D eigenvalue weighted by atomic mass is 19.4. The number of halogens is 6. The summed E-state index contributed by atoms with van der Waals surface area (Å²) in [6.45, 7) is -1.56. The molecule has 0 amide bonds. The van der Waals surface area contributed by atoms with E-state index in [4.69, 9.17) is 4.74 Å². The number of rotatable bonds is 4. The lowest BCUT2D eigenvalue weighted by Crippen LogP contribution is -2.36. The number of ether oxygens (including phenoxy) is 1. The summed E-state index contributed by atoms with van der Waals surface area (Å²) in [5.74, 6) is -5.31. The quantitative estimate of drug-likeness (QED) is 0.393. The van der Waals surface area contributed by atoms with Gasteiger partial charge in [0.2, 0.25) is 11.8 Å². The van der Waals surface area contributed by atoms with Crippen molar-refractivity contribution >= 4 is 11.3 Å². The highest BCUT2D eigenvalue weighted by molar-refractivity contribution is 5.74. The second kappa shape index (κ2) is 8.06. The zero-order chi connectivity index (χ0) is 25.8. The Labute approximate surface area is 194 Å². The Balaban J connectivity index is 1.52. The molecular weight excluding hydrogens is 502 g/mol. The third-order valence-corrected chi connectivity index (χ3v) is 5.32. The van der Waals surface area contributed by atoms with Gasteiger partial charge in [0.05, 0.1) is 42.3 Å². The Bertz CT molecular complexity index is 1580. The molecule has 1 atom stereocenters. The molecule has 1 aliphatic heterocycles. The van der Waals surface area contributed by atoms with Crippen LogP contribution in [0.25, 0.3) is 16.9 Å². The second-order valence-corrected chi connectivity index (χ2v) is 7.75. The molecule has 0 spiro atoms. The van der Waals surface area contributed by atoms with E-state index >= 15 is 0 Å². The van der Waals surface area contributed by atoms with Gasteiger partial charge in [0, 0.05) is 12.3 Å². The number of anilines is 1. The van der Waals surface area contributed by atoms with E-state index in [0.717, 1.165) is 17.3 Å². The first-order valence-electron chi connectivity index (χ1n) is 9.98. The average Bonchev–Trinajstić information content (AvgIpc) is 3.32. The molecule has 5 rings (SSSR count). The van der Waals surface area contributed by atoms with Crippen molar-refractivity contribution in [1.29, 1.82) is 0 Å². The standard InChI is InChI=1S/C19H12F6N8O3/c20-13-5-26-15-11(2-10(31-33(13)15)9-4-27-17(35)29-16(9)34)32-6-12(18(21,22)7-32)36-14-1-8(3-28-30-14)19(23,24)25/h1-5,12H,6-7H2,(H2,27,29,34,35)/t12-/m0/s1. The number of nitrogens with zero attached hydrogens (tertiary/aromatic N) is 6. The fourth-order valence-corrected chi connectivity index (χ4v) is 3.66. The van der Waals surface area contributed by atoms with E-state index in [-0.39, 0.29) is 22.6 Å². The minimum Gasteiger partial charge on any atom is -0.465 e. The number of fused-ring (bicyclic) bond motifs is 1. The summed E-state index contributed by atoms with van der Waals surface area (Å²) in [4.78, 5) is 32.6. The smallest absolute Gasteiger partial charge is 0.418 e. The summed E-state index contributed by atoms with van der Waals surface area (Å²) >= 11 is 0. The third-order valence-electron chi connectivity index (χ3n) is 5.32. The van der Waals surface area contributed by atoms with E-state index in [2.05, 4.69) is 25.3 Å². The molecule has 0 bridgehead atoms. The maximum atomic E-state index is 14.9. The largest absolute Gasteiger partial charge is 0.465 e. The maximum absolute atomic E-state index is 14.9. The predicted molar refractivity (Wildman–Crippen MR) is 108 cm³/mol. The van der Waals surface area contributed by atoms with Gasteiger partial charge in [-0.25, -0.2) is 18.6 Å². The number of aromatic nitrogens is 7. The van der Waals surface area contributed by atoms with Crippen LogP contribution in [0.5, 0.6) is 5.88 Å². The molecule has 17 heteroatoms. The Kier molecular flexibility index (Phi) is 5.22. The van der Waals surface area contributed by atoms with Gasteiger partial charge < -0.3 is 14.6 Å². The summed E-state index contributed by atoms with van der Waals surface area (Å²) < 4.78 is 88.6. The van der Waals surface area contributed by atoms with E-state index in [0.29, 0.717) is 16.8 Å². The van der Waals surface area contributed by atoms with Crippen LogP contribution >= 0.6 is 0 Å². The molecular formula is C19H12F6N8O3. The van der Waals surface area contributed by atoms with Gasteiger partial charge >= 0.3 is 17.8 Å². The van der Waals surface area contributed by atoms with Gasteiger partial charge in [-0.2, -0.15) is 32.3 Å². The summed E-state index contributed by atoms with van der Waals surface area (Å²) in [7, 11) is 0. The maximum Gasteiger partial charge on any atom is 0.418 e. The monoisotopic (exact) mass is 514 g/mol. The summed E-state index contributed by atoms with van der Waals surface area (Å²) in [5, 5.41) is 10.4. The second-order valence-electron chi connectivity index (χ2n) is 7.75. The fraction of sp³-hybridized carbons (Fsp3) is 0.263. The molecule has 11 nitrogen and oxygen atoms in total. The summed E-state index contributed by atoms with van der Waals surface area (Å²) in [6.07, 6.45) is -4.52. The summed E-state index contributed by atoms with van der Waals surface area (Å²) in [6, 6.07) is 1.63. The van der Waals surface area contributed by atoms with E-state index in [1.54, 1.807) is 0 Å². The van der Waals surface area contributed by atoms with E-state index in [9.17, 15) is 35.9 Å². The zero-order valence-corrected chi connectivity index (χ0v) is 17.6. The van der Waals surface area contributed by atoms with Gasteiger partial charge in [0.15, 0.2) is 11.8 Å². The molecule has 0 saturated carbocycles. The van der Waals surface area contributed by atoms with E-state index in [1.165, 1.54) is 6.07 Å². The van der Waals surface area contributed by atoms with E-state index in [1.807, 2.05) is 4.98 Å². The van der Waals surface area contributed by atoms with Crippen LogP contribution in [0, 0.1) is 5.95 Å². The Morgan fingerprint density at radius 3 is 2.67 bits per heavy atom. The minimum atomic E-state index is -4.79. The average molecular weight is 514 g/mol.